The molecule has 0 saturated heterocycles. The third-order valence-electron chi connectivity index (χ3n) is 6.27. The number of hydrogen-bond acceptors (Lipinski definition) is 1. The zero-order chi connectivity index (χ0) is 14.1. The average Bonchev–Trinajstić information content (AvgIpc) is 2.40. The molecule has 0 aromatic heterocycles. The molecule has 4 unspecified atom stereocenters. The molecule has 0 spiro atoms. The van der Waals surface area contributed by atoms with Crippen molar-refractivity contribution < 1.29 is 4.74 Å². The normalized spacial score (nSPS) is 36.1. The highest BCUT2D eigenvalue weighted by Gasteiger charge is 2.53. The van der Waals surface area contributed by atoms with Gasteiger partial charge in [0.15, 0.2) is 0 Å². The van der Waals surface area contributed by atoms with Gasteiger partial charge in [-0.3, -0.25) is 0 Å². The van der Waals surface area contributed by atoms with Crippen molar-refractivity contribution in [3.8, 4) is 5.75 Å². The molecule has 1 aromatic rings. The van der Waals surface area contributed by atoms with Gasteiger partial charge in [-0.2, -0.15) is 0 Å². The maximum atomic E-state index is 6.33. The molecule has 0 radical (unpaired) electrons. The van der Waals surface area contributed by atoms with Crippen molar-refractivity contribution in [1.82, 2.24) is 0 Å². The second kappa shape index (κ2) is 4.01. The Labute approximate surface area is 117 Å². The van der Waals surface area contributed by atoms with Gasteiger partial charge in [-0.1, -0.05) is 13.8 Å². The predicted molar refractivity (Wildman–Crippen MR) is 80.0 cm³/mol. The van der Waals surface area contributed by atoms with Crippen LogP contribution in [0.25, 0.3) is 0 Å². The van der Waals surface area contributed by atoms with Crippen molar-refractivity contribution in [2.24, 2.45) is 17.8 Å². The Morgan fingerprint density at radius 1 is 0.737 bits per heavy atom. The third-order valence-corrected chi connectivity index (χ3v) is 6.27. The fraction of sp³-hybridized carbons (Fsp3) is 0.667. The van der Waals surface area contributed by atoms with Crippen LogP contribution in [0.4, 0.5) is 0 Å². The molecule has 0 N–H and O–H groups in total. The quantitative estimate of drug-likeness (QED) is 0.656. The number of ether oxygens (including phenoxy) is 1. The Bertz CT molecular complexity index is 543. The van der Waals surface area contributed by atoms with E-state index in [0.717, 1.165) is 11.8 Å². The molecule has 1 nitrogen and oxygen atoms in total. The highest BCUT2D eigenvalue weighted by molar-refractivity contribution is 5.57. The van der Waals surface area contributed by atoms with E-state index < -0.39 is 0 Å². The summed E-state index contributed by atoms with van der Waals surface area (Å²) in [6, 6.07) is 0. The Morgan fingerprint density at radius 3 is 1.95 bits per heavy atom. The standard InChI is InChI=1S/C18H26O/c1-8-9(2)13(6)18-17(10(8)3)16-12(5)11(4)15(16)14(7)19-18/h11-12,14-16H,1-7H3/t11?,12?,14?,15-,16?/m1/s1. The molecular weight excluding hydrogens is 232 g/mol. The summed E-state index contributed by atoms with van der Waals surface area (Å²) in [6.45, 7) is 16.1. The average molecular weight is 258 g/mol. The van der Waals surface area contributed by atoms with E-state index in [1.54, 1.807) is 0 Å². The summed E-state index contributed by atoms with van der Waals surface area (Å²) in [5.74, 6) is 4.20. The first-order chi connectivity index (χ1) is 8.86. The smallest absolute Gasteiger partial charge is 0.126 e. The zero-order valence-electron chi connectivity index (χ0n) is 13.3. The molecule has 0 bridgehead atoms. The second-order valence-corrected chi connectivity index (χ2v) is 6.89. The first-order valence-electron chi connectivity index (χ1n) is 7.63. The molecule has 1 aliphatic carbocycles. The summed E-state index contributed by atoms with van der Waals surface area (Å²) in [4.78, 5) is 0. The van der Waals surface area contributed by atoms with Gasteiger partial charge < -0.3 is 4.74 Å². The molecule has 1 aliphatic heterocycles. The minimum atomic E-state index is 0.365. The van der Waals surface area contributed by atoms with Crippen LogP contribution in [0, 0.1) is 45.4 Å². The molecule has 5 atom stereocenters. The molecule has 1 heterocycles. The van der Waals surface area contributed by atoms with Gasteiger partial charge in [0.25, 0.3) is 0 Å². The van der Waals surface area contributed by atoms with Gasteiger partial charge in [-0.05, 0) is 74.6 Å². The summed E-state index contributed by atoms with van der Waals surface area (Å²) in [5, 5.41) is 0. The zero-order valence-corrected chi connectivity index (χ0v) is 13.3. The minimum absolute atomic E-state index is 0.365. The lowest BCUT2D eigenvalue weighted by atomic mass is 9.52. The first kappa shape index (κ1) is 13.0. The molecule has 1 saturated carbocycles. The van der Waals surface area contributed by atoms with E-state index in [-0.39, 0.29) is 0 Å². The number of hydrogen-bond donors (Lipinski definition) is 0. The maximum absolute atomic E-state index is 6.33. The first-order valence-corrected chi connectivity index (χ1v) is 7.63. The van der Waals surface area contributed by atoms with E-state index in [9.17, 15) is 0 Å². The van der Waals surface area contributed by atoms with Crippen molar-refractivity contribution >= 4 is 0 Å². The van der Waals surface area contributed by atoms with E-state index in [0.29, 0.717) is 17.9 Å². The van der Waals surface area contributed by atoms with Crippen LogP contribution >= 0.6 is 0 Å². The van der Waals surface area contributed by atoms with Gasteiger partial charge >= 0.3 is 0 Å². The largest absolute Gasteiger partial charge is 0.490 e. The van der Waals surface area contributed by atoms with Crippen LogP contribution in [0.3, 0.4) is 0 Å². The maximum Gasteiger partial charge on any atom is 0.126 e. The highest BCUT2D eigenvalue weighted by atomic mass is 16.5. The van der Waals surface area contributed by atoms with Gasteiger partial charge in [-0.15, -0.1) is 0 Å². The second-order valence-electron chi connectivity index (χ2n) is 6.89. The Balaban J connectivity index is 2.23. The molecule has 3 rings (SSSR count). The fourth-order valence-corrected chi connectivity index (χ4v) is 4.51. The molecule has 19 heavy (non-hydrogen) atoms. The number of benzene rings is 1. The van der Waals surface area contributed by atoms with E-state index in [1.807, 2.05) is 0 Å². The Hall–Kier alpha value is -0.980. The topological polar surface area (TPSA) is 9.23 Å². The van der Waals surface area contributed by atoms with Crippen molar-refractivity contribution in [1.29, 1.82) is 0 Å². The monoisotopic (exact) mass is 258 g/mol. The molecule has 0 amide bonds. The summed E-state index contributed by atoms with van der Waals surface area (Å²) >= 11 is 0. The van der Waals surface area contributed by atoms with Crippen LogP contribution in [-0.4, -0.2) is 6.10 Å². The molecule has 1 fully saturated rings. The van der Waals surface area contributed by atoms with Crippen LogP contribution in [0.2, 0.25) is 0 Å². The lowest BCUT2D eigenvalue weighted by Crippen LogP contribution is -2.52. The summed E-state index contributed by atoms with van der Waals surface area (Å²) in [6.07, 6.45) is 0.365. The van der Waals surface area contributed by atoms with E-state index >= 15 is 0 Å². The fourth-order valence-electron chi connectivity index (χ4n) is 4.51. The molecule has 104 valence electrons. The Kier molecular flexibility index (Phi) is 2.75. The van der Waals surface area contributed by atoms with E-state index in [2.05, 4.69) is 48.5 Å². The van der Waals surface area contributed by atoms with Crippen LogP contribution in [-0.2, 0) is 0 Å². The lowest BCUT2D eigenvalue weighted by molar-refractivity contribution is -0.0436. The number of fused-ring (bicyclic) bond motifs is 3. The van der Waals surface area contributed by atoms with E-state index in [4.69, 9.17) is 4.74 Å². The van der Waals surface area contributed by atoms with E-state index in [1.165, 1.54) is 33.6 Å². The highest BCUT2D eigenvalue weighted by Crippen LogP contribution is 2.60. The molecule has 2 aliphatic rings. The van der Waals surface area contributed by atoms with Crippen molar-refractivity contribution in [2.45, 2.75) is 60.5 Å². The van der Waals surface area contributed by atoms with Crippen LogP contribution in [0.15, 0.2) is 0 Å². The number of rotatable bonds is 0. The van der Waals surface area contributed by atoms with Gasteiger partial charge in [-0.25, -0.2) is 0 Å². The lowest BCUT2D eigenvalue weighted by Gasteiger charge is -2.56. The van der Waals surface area contributed by atoms with Gasteiger partial charge in [0.05, 0.1) is 6.10 Å². The molecule has 1 aromatic carbocycles. The Morgan fingerprint density at radius 2 is 1.32 bits per heavy atom. The summed E-state index contributed by atoms with van der Waals surface area (Å²) in [7, 11) is 0. The summed E-state index contributed by atoms with van der Waals surface area (Å²) < 4.78 is 6.33. The van der Waals surface area contributed by atoms with Crippen LogP contribution < -0.4 is 4.74 Å². The minimum Gasteiger partial charge on any atom is -0.490 e. The van der Waals surface area contributed by atoms with Crippen LogP contribution in [0.1, 0.15) is 54.5 Å². The third kappa shape index (κ3) is 1.48. The predicted octanol–water partition coefficient (Wildman–Crippen LogP) is 4.69. The molecular formula is C18H26O. The van der Waals surface area contributed by atoms with Crippen molar-refractivity contribution in [3.63, 3.8) is 0 Å². The SMILES string of the molecule is Cc1c(C)c(C)c2c(c1C)OC(C)[C@H]1C(C)C(C)C21. The molecule has 1 heteroatoms. The van der Waals surface area contributed by atoms with Gasteiger partial charge in [0.2, 0.25) is 0 Å². The van der Waals surface area contributed by atoms with Gasteiger partial charge in [0.1, 0.15) is 5.75 Å². The van der Waals surface area contributed by atoms with Gasteiger partial charge in [0, 0.05) is 11.5 Å². The summed E-state index contributed by atoms with van der Waals surface area (Å²) in [5.41, 5.74) is 7.21. The van der Waals surface area contributed by atoms with Crippen molar-refractivity contribution in [3.05, 3.63) is 27.8 Å². The van der Waals surface area contributed by atoms with Crippen molar-refractivity contribution in [2.75, 3.05) is 0 Å². The van der Waals surface area contributed by atoms with Crippen LogP contribution in [0.5, 0.6) is 5.75 Å².